The number of allylic oxidation sites excluding steroid dienone is 1. The van der Waals surface area contributed by atoms with Crippen molar-refractivity contribution < 1.29 is 9.90 Å². The molecule has 0 spiro atoms. The minimum Gasteiger partial charge on any atom is -0.394 e. The summed E-state index contributed by atoms with van der Waals surface area (Å²) in [6.45, 7) is 1.92. The second-order valence-corrected chi connectivity index (χ2v) is 3.87. The molecule has 0 radical (unpaired) electrons. The van der Waals surface area contributed by atoms with E-state index in [1.807, 2.05) is 13.0 Å². The molecule has 1 aliphatic carbocycles. The van der Waals surface area contributed by atoms with Crippen LogP contribution in [-0.2, 0) is 0 Å². The van der Waals surface area contributed by atoms with Crippen molar-refractivity contribution >= 4 is 6.03 Å². The number of carbonyl (C=O) groups excluding carboxylic acids is 1. The largest absolute Gasteiger partial charge is 0.394 e. The standard InChI is InChI=1S/C11H20N2O2/c1-2-9(8-14)12-11(15)13-10-6-4-3-5-7-10/h4,6,9-10,14H,2-3,5,7-8H2,1H3,(H2,12,13,15). The van der Waals surface area contributed by atoms with Gasteiger partial charge in [0.15, 0.2) is 0 Å². The maximum atomic E-state index is 11.5. The van der Waals surface area contributed by atoms with E-state index in [0.29, 0.717) is 0 Å². The molecule has 0 saturated carbocycles. The highest BCUT2D eigenvalue weighted by Crippen LogP contribution is 2.09. The summed E-state index contributed by atoms with van der Waals surface area (Å²) in [6.07, 6.45) is 8.09. The highest BCUT2D eigenvalue weighted by molar-refractivity contribution is 5.74. The third-order valence-corrected chi connectivity index (χ3v) is 2.62. The Balaban J connectivity index is 2.28. The van der Waals surface area contributed by atoms with Crippen LogP contribution in [0.15, 0.2) is 12.2 Å². The van der Waals surface area contributed by atoms with Gasteiger partial charge in [0.25, 0.3) is 0 Å². The Kier molecular flexibility index (Phi) is 5.18. The van der Waals surface area contributed by atoms with Crippen LogP contribution in [0.4, 0.5) is 4.79 Å². The Morgan fingerprint density at radius 1 is 1.67 bits per heavy atom. The predicted molar refractivity (Wildman–Crippen MR) is 59.6 cm³/mol. The molecule has 4 heteroatoms. The van der Waals surface area contributed by atoms with E-state index in [1.54, 1.807) is 0 Å². The topological polar surface area (TPSA) is 61.4 Å². The summed E-state index contributed by atoms with van der Waals surface area (Å²) in [6, 6.07) is -0.181. The molecule has 2 unspecified atom stereocenters. The molecule has 86 valence electrons. The van der Waals surface area contributed by atoms with Crippen molar-refractivity contribution in [3.05, 3.63) is 12.2 Å². The van der Waals surface area contributed by atoms with Gasteiger partial charge in [-0.2, -0.15) is 0 Å². The van der Waals surface area contributed by atoms with Crippen molar-refractivity contribution in [2.75, 3.05) is 6.61 Å². The summed E-state index contributed by atoms with van der Waals surface area (Å²) >= 11 is 0. The number of nitrogens with one attached hydrogen (secondary N) is 2. The lowest BCUT2D eigenvalue weighted by molar-refractivity contribution is 0.212. The van der Waals surface area contributed by atoms with Crippen molar-refractivity contribution in [2.24, 2.45) is 0 Å². The molecule has 1 rings (SSSR count). The van der Waals surface area contributed by atoms with Crippen molar-refractivity contribution in [3.63, 3.8) is 0 Å². The van der Waals surface area contributed by atoms with Crippen LogP contribution in [0, 0.1) is 0 Å². The van der Waals surface area contributed by atoms with E-state index in [0.717, 1.165) is 25.7 Å². The van der Waals surface area contributed by atoms with E-state index in [2.05, 4.69) is 16.7 Å². The fourth-order valence-corrected chi connectivity index (χ4v) is 1.60. The van der Waals surface area contributed by atoms with Gasteiger partial charge in [-0.1, -0.05) is 19.1 Å². The molecule has 4 nitrogen and oxygen atoms in total. The lowest BCUT2D eigenvalue weighted by Crippen LogP contribution is -2.47. The summed E-state index contributed by atoms with van der Waals surface area (Å²) in [7, 11) is 0. The summed E-state index contributed by atoms with van der Waals surface area (Å²) in [5, 5.41) is 14.5. The first kappa shape index (κ1) is 12.0. The van der Waals surface area contributed by atoms with E-state index >= 15 is 0 Å². The molecule has 2 amide bonds. The first-order valence-corrected chi connectivity index (χ1v) is 5.60. The molecule has 15 heavy (non-hydrogen) atoms. The third kappa shape index (κ3) is 4.34. The Morgan fingerprint density at radius 3 is 3.00 bits per heavy atom. The molecule has 0 aliphatic heterocycles. The molecular weight excluding hydrogens is 192 g/mol. The first-order valence-electron chi connectivity index (χ1n) is 5.60. The Labute approximate surface area is 90.7 Å². The second-order valence-electron chi connectivity index (χ2n) is 3.87. The van der Waals surface area contributed by atoms with Gasteiger partial charge in [0, 0.05) is 6.04 Å². The van der Waals surface area contributed by atoms with Crippen LogP contribution in [0.25, 0.3) is 0 Å². The van der Waals surface area contributed by atoms with E-state index in [4.69, 9.17) is 5.11 Å². The molecule has 0 aromatic rings. The van der Waals surface area contributed by atoms with Crippen LogP contribution in [-0.4, -0.2) is 29.8 Å². The Hall–Kier alpha value is -1.03. The molecule has 1 aliphatic rings. The quantitative estimate of drug-likeness (QED) is 0.612. The zero-order valence-corrected chi connectivity index (χ0v) is 9.20. The van der Waals surface area contributed by atoms with E-state index < -0.39 is 0 Å². The summed E-state index contributed by atoms with van der Waals surface area (Å²) in [4.78, 5) is 11.5. The van der Waals surface area contributed by atoms with E-state index in [-0.39, 0.29) is 24.7 Å². The van der Waals surface area contributed by atoms with Crippen LogP contribution in [0.5, 0.6) is 0 Å². The van der Waals surface area contributed by atoms with Gasteiger partial charge in [0.05, 0.1) is 12.6 Å². The number of urea groups is 1. The van der Waals surface area contributed by atoms with Gasteiger partial charge in [0.1, 0.15) is 0 Å². The second kappa shape index (κ2) is 6.45. The molecule has 0 aromatic carbocycles. The number of amides is 2. The highest BCUT2D eigenvalue weighted by atomic mass is 16.3. The van der Waals surface area contributed by atoms with Gasteiger partial charge in [-0.15, -0.1) is 0 Å². The molecule has 0 aromatic heterocycles. The zero-order valence-electron chi connectivity index (χ0n) is 9.20. The van der Waals surface area contributed by atoms with Crippen LogP contribution >= 0.6 is 0 Å². The molecule has 0 saturated heterocycles. The van der Waals surface area contributed by atoms with Gasteiger partial charge < -0.3 is 15.7 Å². The van der Waals surface area contributed by atoms with Gasteiger partial charge in [0.2, 0.25) is 0 Å². The number of hydrogen-bond donors (Lipinski definition) is 3. The molecule has 0 bridgehead atoms. The van der Waals surface area contributed by atoms with Crippen LogP contribution in [0.1, 0.15) is 32.6 Å². The molecule has 3 N–H and O–H groups in total. The maximum absolute atomic E-state index is 11.5. The number of carbonyl (C=O) groups is 1. The lowest BCUT2D eigenvalue weighted by atomic mass is 10.0. The van der Waals surface area contributed by atoms with E-state index in [9.17, 15) is 4.79 Å². The van der Waals surface area contributed by atoms with Crippen LogP contribution in [0.3, 0.4) is 0 Å². The Bertz CT molecular complexity index is 225. The molecular formula is C11H20N2O2. The normalized spacial score (nSPS) is 22.1. The molecule has 0 fully saturated rings. The monoisotopic (exact) mass is 212 g/mol. The number of rotatable bonds is 4. The maximum Gasteiger partial charge on any atom is 0.315 e. The summed E-state index contributed by atoms with van der Waals surface area (Å²) < 4.78 is 0. The molecule has 2 atom stereocenters. The lowest BCUT2D eigenvalue weighted by Gasteiger charge is -2.20. The van der Waals surface area contributed by atoms with E-state index in [1.165, 1.54) is 0 Å². The van der Waals surface area contributed by atoms with Crippen molar-refractivity contribution in [1.29, 1.82) is 0 Å². The van der Waals surface area contributed by atoms with Gasteiger partial charge in [-0.3, -0.25) is 0 Å². The van der Waals surface area contributed by atoms with Crippen LogP contribution in [0.2, 0.25) is 0 Å². The summed E-state index contributed by atoms with van der Waals surface area (Å²) in [5.41, 5.74) is 0. The SMILES string of the molecule is CCC(CO)NC(=O)NC1C=CCCC1. The van der Waals surface area contributed by atoms with Crippen molar-refractivity contribution in [1.82, 2.24) is 10.6 Å². The fourth-order valence-electron chi connectivity index (χ4n) is 1.60. The smallest absolute Gasteiger partial charge is 0.315 e. The number of hydrogen-bond acceptors (Lipinski definition) is 2. The van der Waals surface area contributed by atoms with Gasteiger partial charge >= 0.3 is 6.03 Å². The molecule has 0 heterocycles. The summed E-state index contributed by atoms with van der Waals surface area (Å²) in [5.74, 6) is 0. The zero-order chi connectivity index (χ0) is 11.1. The average Bonchev–Trinajstić information content (AvgIpc) is 2.27. The Morgan fingerprint density at radius 2 is 2.47 bits per heavy atom. The van der Waals surface area contributed by atoms with Crippen molar-refractivity contribution in [3.8, 4) is 0 Å². The minimum absolute atomic E-state index is 0.00950. The minimum atomic E-state index is -0.188. The van der Waals surface area contributed by atoms with Gasteiger partial charge in [-0.05, 0) is 25.7 Å². The van der Waals surface area contributed by atoms with Crippen molar-refractivity contribution in [2.45, 2.75) is 44.7 Å². The number of aliphatic hydroxyl groups excluding tert-OH is 1. The van der Waals surface area contributed by atoms with Gasteiger partial charge in [-0.25, -0.2) is 4.79 Å². The predicted octanol–water partition coefficient (Wildman–Crippen LogP) is 1.17. The number of aliphatic hydroxyl groups is 1. The highest BCUT2D eigenvalue weighted by Gasteiger charge is 2.13. The first-order chi connectivity index (χ1) is 7.26. The average molecular weight is 212 g/mol. The van der Waals surface area contributed by atoms with Crippen LogP contribution < -0.4 is 10.6 Å². The fraction of sp³-hybridized carbons (Fsp3) is 0.727. The third-order valence-electron chi connectivity index (χ3n) is 2.62.